The third kappa shape index (κ3) is 2.59. The molecule has 0 unspecified atom stereocenters. The minimum absolute atomic E-state index is 0.310. The van der Waals surface area contributed by atoms with Crippen LogP contribution in [0.1, 0.15) is 39.0 Å². The van der Waals surface area contributed by atoms with E-state index >= 15 is 0 Å². The maximum Gasteiger partial charge on any atom is 0.335 e. The molecule has 106 valence electrons. The van der Waals surface area contributed by atoms with Crippen molar-refractivity contribution >= 4 is 23.1 Å². The van der Waals surface area contributed by atoms with Gasteiger partial charge in [-0.3, -0.25) is 0 Å². The summed E-state index contributed by atoms with van der Waals surface area (Å²) in [5.74, 6) is -0.905. The van der Waals surface area contributed by atoms with Gasteiger partial charge in [0.15, 0.2) is 0 Å². The third-order valence-corrected chi connectivity index (χ3v) is 4.14. The fraction of sp³-hybridized carbons (Fsp3) is 0.167. The molecule has 2 aromatic rings. The smallest absolute Gasteiger partial charge is 0.335 e. The lowest BCUT2D eigenvalue weighted by Crippen LogP contribution is -2.05. The molecular formula is C18H15ClO2. The summed E-state index contributed by atoms with van der Waals surface area (Å²) in [6.07, 6.45) is 4.02. The van der Waals surface area contributed by atoms with Crippen molar-refractivity contribution in [2.24, 2.45) is 0 Å². The first-order valence-corrected chi connectivity index (χ1v) is 7.27. The summed E-state index contributed by atoms with van der Waals surface area (Å²) < 4.78 is 0. The Balaban J connectivity index is 2.16. The Hall–Kier alpha value is -2.06. The van der Waals surface area contributed by atoms with Crippen molar-refractivity contribution in [2.45, 2.75) is 19.8 Å². The molecule has 0 fully saturated rings. The van der Waals surface area contributed by atoms with Gasteiger partial charge in [0.05, 0.1) is 5.56 Å². The van der Waals surface area contributed by atoms with Gasteiger partial charge in [0, 0.05) is 10.6 Å². The second-order valence-corrected chi connectivity index (χ2v) is 5.72. The number of hydrogen-bond acceptors (Lipinski definition) is 1. The monoisotopic (exact) mass is 298 g/mol. The molecule has 3 heteroatoms. The van der Waals surface area contributed by atoms with E-state index in [4.69, 9.17) is 11.6 Å². The summed E-state index contributed by atoms with van der Waals surface area (Å²) >= 11 is 6.37. The molecule has 0 bridgehead atoms. The van der Waals surface area contributed by atoms with Gasteiger partial charge in [0.2, 0.25) is 0 Å². The Morgan fingerprint density at radius 2 is 1.95 bits per heavy atom. The maximum atomic E-state index is 11.2. The summed E-state index contributed by atoms with van der Waals surface area (Å²) in [5, 5.41) is 9.89. The van der Waals surface area contributed by atoms with Gasteiger partial charge in [0.1, 0.15) is 0 Å². The molecule has 1 aliphatic carbocycles. The molecule has 0 radical (unpaired) electrons. The van der Waals surface area contributed by atoms with E-state index in [9.17, 15) is 9.90 Å². The predicted octanol–water partition coefficient (Wildman–Crippen LogP) is 4.72. The normalized spacial score (nSPS) is 13.5. The molecule has 3 rings (SSSR count). The van der Waals surface area contributed by atoms with Crippen LogP contribution in [0.2, 0.25) is 5.02 Å². The largest absolute Gasteiger partial charge is 0.478 e. The van der Waals surface area contributed by atoms with Gasteiger partial charge in [0.25, 0.3) is 0 Å². The number of carbonyl (C=O) groups is 1. The van der Waals surface area contributed by atoms with Crippen LogP contribution < -0.4 is 0 Å². The van der Waals surface area contributed by atoms with Crippen molar-refractivity contribution < 1.29 is 9.90 Å². The molecule has 1 aliphatic rings. The van der Waals surface area contributed by atoms with Crippen molar-refractivity contribution in [2.75, 3.05) is 0 Å². The van der Waals surface area contributed by atoms with E-state index in [1.807, 2.05) is 31.2 Å². The van der Waals surface area contributed by atoms with E-state index in [1.54, 1.807) is 12.1 Å². The lowest BCUT2D eigenvalue weighted by molar-refractivity contribution is 0.0697. The molecular weight excluding hydrogens is 284 g/mol. The Bertz CT molecular complexity index is 760. The van der Waals surface area contributed by atoms with Crippen LogP contribution in [0, 0.1) is 6.92 Å². The van der Waals surface area contributed by atoms with Crippen molar-refractivity contribution in [1.29, 1.82) is 0 Å². The summed E-state index contributed by atoms with van der Waals surface area (Å²) in [4.78, 5) is 11.2. The second kappa shape index (κ2) is 5.38. The zero-order chi connectivity index (χ0) is 15.0. The topological polar surface area (TPSA) is 37.3 Å². The molecule has 0 aliphatic heterocycles. The molecule has 0 amide bonds. The maximum absolute atomic E-state index is 11.2. The van der Waals surface area contributed by atoms with Crippen molar-refractivity contribution in [3.05, 3.63) is 75.3 Å². The summed E-state index contributed by atoms with van der Waals surface area (Å²) in [5.41, 5.74) is 5.57. The Morgan fingerprint density at radius 1 is 1.14 bits per heavy atom. The van der Waals surface area contributed by atoms with Crippen molar-refractivity contribution in [3.63, 3.8) is 0 Å². The first-order chi connectivity index (χ1) is 10.1. The predicted molar refractivity (Wildman–Crippen MR) is 85.0 cm³/mol. The highest BCUT2D eigenvalue weighted by Gasteiger charge is 2.18. The molecule has 2 nitrogen and oxygen atoms in total. The van der Waals surface area contributed by atoms with Gasteiger partial charge < -0.3 is 5.11 Å². The van der Waals surface area contributed by atoms with E-state index in [0.717, 1.165) is 35.1 Å². The highest BCUT2D eigenvalue weighted by molar-refractivity contribution is 6.32. The molecule has 1 N–H and O–H groups in total. The molecule has 21 heavy (non-hydrogen) atoms. The number of aromatic carboxylic acids is 1. The number of carboxylic acids is 1. The molecule has 0 aromatic heterocycles. The fourth-order valence-corrected chi connectivity index (χ4v) is 3.09. The minimum atomic E-state index is -0.905. The van der Waals surface area contributed by atoms with Gasteiger partial charge >= 0.3 is 5.97 Å². The Morgan fingerprint density at radius 3 is 2.67 bits per heavy atom. The van der Waals surface area contributed by atoms with Crippen LogP contribution in [0.4, 0.5) is 0 Å². The van der Waals surface area contributed by atoms with E-state index in [0.29, 0.717) is 10.6 Å². The highest BCUT2D eigenvalue weighted by atomic mass is 35.5. The van der Waals surface area contributed by atoms with E-state index in [2.05, 4.69) is 6.08 Å². The number of halogens is 1. The summed E-state index contributed by atoms with van der Waals surface area (Å²) in [6, 6.07) is 11.3. The fourth-order valence-electron chi connectivity index (χ4n) is 2.75. The quantitative estimate of drug-likeness (QED) is 0.870. The molecule has 0 heterocycles. The standard InChI is InChI=1S/C18H15ClO2/c1-11-5-8-15(17(19)9-11)14-4-2-3-12-6-7-13(18(20)21)10-16(12)14/h4-10H,2-3H2,1H3,(H,20,21). The Labute approximate surface area is 128 Å². The lowest BCUT2D eigenvalue weighted by Gasteiger charge is -2.19. The van der Waals surface area contributed by atoms with E-state index in [-0.39, 0.29) is 0 Å². The average molecular weight is 299 g/mol. The number of benzene rings is 2. The van der Waals surface area contributed by atoms with E-state index in [1.165, 1.54) is 5.56 Å². The Kier molecular flexibility index (Phi) is 3.56. The zero-order valence-corrected chi connectivity index (χ0v) is 12.4. The summed E-state index contributed by atoms with van der Waals surface area (Å²) in [6.45, 7) is 2.00. The second-order valence-electron chi connectivity index (χ2n) is 5.32. The number of allylic oxidation sites excluding steroid dienone is 1. The van der Waals surface area contributed by atoms with Crippen LogP contribution in [-0.2, 0) is 6.42 Å². The summed E-state index contributed by atoms with van der Waals surface area (Å²) in [7, 11) is 0. The van der Waals surface area contributed by atoms with E-state index < -0.39 is 5.97 Å². The van der Waals surface area contributed by atoms with Crippen LogP contribution in [0.15, 0.2) is 42.5 Å². The third-order valence-electron chi connectivity index (χ3n) is 3.82. The number of fused-ring (bicyclic) bond motifs is 1. The van der Waals surface area contributed by atoms with Gasteiger partial charge in [-0.15, -0.1) is 0 Å². The van der Waals surface area contributed by atoms with Gasteiger partial charge in [-0.1, -0.05) is 35.9 Å². The van der Waals surface area contributed by atoms with Crippen LogP contribution >= 0.6 is 11.6 Å². The molecule has 0 spiro atoms. The lowest BCUT2D eigenvalue weighted by atomic mass is 9.85. The van der Waals surface area contributed by atoms with Crippen LogP contribution in [-0.4, -0.2) is 11.1 Å². The molecule has 0 atom stereocenters. The van der Waals surface area contributed by atoms with Gasteiger partial charge in [-0.2, -0.15) is 0 Å². The zero-order valence-electron chi connectivity index (χ0n) is 11.7. The van der Waals surface area contributed by atoms with Crippen molar-refractivity contribution in [3.8, 4) is 0 Å². The van der Waals surface area contributed by atoms with Crippen molar-refractivity contribution in [1.82, 2.24) is 0 Å². The molecule has 0 saturated heterocycles. The van der Waals surface area contributed by atoms with Gasteiger partial charge in [-0.05, 0) is 60.2 Å². The molecule has 0 saturated carbocycles. The van der Waals surface area contributed by atoms with Crippen LogP contribution in [0.25, 0.3) is 5.57 Å². The van der Waals surface area contributed by atoms with Gasteiger partial charge in [-0.25, -0.2) is 4.79 Å². The number of rotatable bonds is 2. The first-order valence-electron chi connectivity index (χ1n) is 6.89. The SMILES string of the molecule is Cc1ccc(C2=CCCc3ccc(C(=O)O)cc32)c(Cl)c1. The minimum Gasteiger partial charge on any atom is -0.478 e. The van der Waals surface area contributed by atoms with Crippen LogP contribution in [0.5, 0.6) is 0 Å². The highest BCUT2D eigenvalue weighted by Crippen LogP contribution is 2.36. The number of aryl methyl sites for hydroxylation is 2. The first kappa shape index (κ1) is 13.9. The number of hydrogen-bond donors (Lipinski definition) is 1. The van der Waals surface area contributed by atoms with Crippen LogP contribution in [0.3, 0.4) is 0 Å². The number of carboxylic acid groups (broad SMARTS) is 1. The molecule has 2 aromatic carbocycles. The average Bonchev–Trinajstić information content (AvgIpc) is 2.46.